The molecule has 0 radical (unpaired) electrons. The molecule has 1 unspecified atom stereocenters. The number of ether oxygens (including phenoxy) is 1. The second-order valence-electron chi connectivity index (χ2n) is 2.45. The Hall–Kier alpha value is -0.610. The fraction of sp³-hybridized carbons (Fsp3) is 0.833. The van der Waals surface area contributed by atoms with Crippen molar-refractivity contribution in [2.24, 2.45) is 5.73 Å². The lowest BCUT2D eigenvalue weighted by Crippen LogP contribution is -2.54. The highest BCUT2D eigenvalue weighted by Crippen LogP contribution is 2.06. The second kappa shape index (κ2) is 2.98. The van der Waals surface area contributed by atoms with E-state index in [0.29, 0.717) is 0 Å². The maximum Gasteiger partial charge on any atom is 0.328 e. The van der Waals surface area contributed by atoms with Gasteiger partial charge in [-0.2, -0.15) is 0 Å². The summed E-state index contributed by atoms with van der Waals surface area (Å²) >= 11 is 0. The number of esters is 1. The summed E-state index contributed by atoms with van der Waals surface area (Å²) in [6, 6.07) is 0. The molecule has 0 aromatic rings. The zero-order chi connectivity index (χ0) is 8.36. The molecule has 2 atom stereocenters. The molecule has 0 amide bonds. The summed E-state index contributed by atoms with van der Waals surface area (Å²) in [6.07, 6.45) is -0.903. The van der Waals surface area contributed by atoms with Gasteiger partial charge in [0.05, 0.1) is 13.2 Å². The van der Waals surface area contributed by atoms with Crippen LogP contribution < -0.4 is 5.73 Å². The van der Waals surface area contributed by atoms with Gasteiger partial charge in [-0.1, -0.05) is 0 Å². The van der Waals surface area contributed by atoms with E-state index in [0.717, 1.165) is 0 Å². The van der Waals surface area contributed by atoms with Crippen molar-refractivity contribution in [3.05, 3.63) is 0 Å². The first kappa shape index (κ1) is 9.39. The van der Waals surface area contributed by atoms with E-state index in [1.165, 1.54) is 21.0 Å². The molecule has 0 bridgehead atoms. The van der Waals surface area contributed by atoms with Crippen LogP contribution in [0.4, 0.5) is 0 Å². The largest absolute Gasteiger partial charge is 0.468 e. The number of carbonyl (C=O) groups excluding carboxylic acids is 1. The topological polar surface area (TPSA) is 72.5 Å². The molecule has 10 heavy (non-hydrogen) atoms. The minimum absolute atomic E-state index is 0.609. The molecule has 0 aromatic carbocycles. The fourth-order valence-electron chi connectivity index (χ4n) is 0.390. The third-order valence-corrected chi connectivity index (χ3v) is 1.49. The Morgan fingerprint density at radius 2 is 2.20 bits per heavy atom. The number of nitrogens with two attached hydrogens (primary N) is 1. The van der Waals surface area contributed by atoms with E-state index in [1.807, 2.05) is 0 Å². The fourth-order valence-corrected chi connectivity index (χ4v) is 0.390. The monoisotopic (exact) mass is 147 g/mol. The standard InChI is InChI=1S/C6H13NO3/c1-4(8)6(2,7)5(9)10-3/h4,8H,7H2,1-3H3/t4-,6?/m0/s1. The number of aliphatic hydroxyl groups is 1. The van der Waals surface area contributed by atoms with Crippen LogP contribution >= 0.6 is 0 Å². The number of carbonyl (C=O) groups is 1. The van der Waals surface area contributed by atoms with Gasteiger partial charge in [-0.25, -0.2) is 4.79 Å². The molecule has 4 nitrogen and oxygen atoms in total. The van der Waals surface area contributed by atoms with Crippen LogP contribution in [0.3, 0.4) is 0 Å². The molecule has 0 aliphatic rings. The summed E-state index contributed by atoms with van der Waals surface area (Å²) in [5.74, 6) is -0.609. The van der Waals surface area contributed by atoms with Gasteiger partial charge >= 0.3 is 5.97 Å². The highest BCUT2D eigenvalue weighted by molar-refractivity contribution is 5.80. The minimum Gasteiger partial charge on any atom is -0.468 e. The Balaban J connectivity index is 4.24. The maximum atomic E-state index is 10.8. The van der Waals surface area contributed by atoms with Crippen LogP contribution in [0.2, 0.25) is 0 Å². The number of aliphatic hydroxyl groups excluding tert-OH is 1. The van der Waals surface area contributed by atoms with Gasteiger partial charge in [-0.3, -0.25) is 0 Å². The van der Waals surface area contributed by atoms with Crippen LogP contribution in [0.25, 0.3) is 0 Å². The zero-order valence-corrected chi connectivity index (χ0v) is 6.42. The van der Waals surface area contributed by atoms with E-state index in [4.69, 9.17) is 10.8 Å². The van der Waals surface area contributed by atoms with Gasteiger partial charge < -0.3 is 15.6 Å². The molecule has 4 heteroatoms. The Labute approximate surface area is 60.0 Å². The Kier molecular flexibility index (Phi) is 2.80. The molecule has 0 saturated heterocycles. The smallest absolute Gasteiger partial charge is 0.328 e. The first-order valence-corrected chi connectivity index (χ1v) is 2.98. The molecule has 0 fully saturated rings. The van der Waals surface area contributed by atoms with Gasteiger partial charge in [0.15, 0.2) is 0 Å². The average Bonchev–Trinajstić information content (AvgIpc) is 1.86. The van der Waals surface area contributed by atoms with Gasteiger partial charge in [-0.05, 0) is 13.8 Å². The average molecular weight is 147 g/mol. The number of hydrogen-bond acceptors (Lipinski definition) is 4. The lowest BCUT2D eigenvalue weighted by Gasteiger charge is -2.23. The lowest BCUT2D eigenvalue weighted by molar-refractivity contribution is -0.150. The number of rotatable bonds is 2. The number of methoxy groups -OCH3 is 1. The lowest BCUT2D eigenvalue weighted by atomic mass is 9.98. The van der Waals surface area contributed by atoms with Gasteiger partial charge in [0.2, 0.25) is 0 Å². The normalized spacial score (nSPS) is 19.3. The second-order valence-corrected chi connectivity index (χ2v) is 2.45. The molecule has 0 spiro atoms. The minimum atomic E-state index is -1.30. The molecule has 0 rings (SSSR count). The Morgan fingerprint density at radius 1 is 1.80 bits per heavy atom. The summed E-state index contributed by atoms with van der Waals surface area (Å²) in [5.41, 5.74) is 4.09. The van der Waals surface area contributed by atoms with Gasteiger partial charge in [0, 0.05) is 0 Å². The molecule has 60 valence electrons. The van der Waals surface area contributed by atoms with Crippen LogP contribution in [0.15, 0.2) is 0 Å². The van der Waals surface area contributed by atoms with Crippen LogP contribution in [-0.4, -0.2) is 29.8 Å². The van der Waals surface area contributed by atoms with Crippen LogP contribution in [0.1, 0.15) is 13.8 Å². The quantitative estimate of drug-likeness (QED) is 0.504. The molecular formula is C6H13NO3. The van der Waals surface area contributed by atoms with E-state index < -0.39 is 17.6 Å². The predicted molar refractivity (Wildman–Crippen MR) is 36.3 cm³/mol. The van der Waals surface area contributed by atoms with Crippen molar-refractivity contribution < 1.29 is 14.6 Å². The summed E-state index contributed by atoms with van der Waals surface area (Å²) in [5, 5.41) is 8.96. The SMILES string of the molecule is COC(=O)C(C)(N)[C@H](C)O. The first-order valence-electron chi connectivity index (χ1n) is 2.98. The molecule has 0 saturated carbocycles. The highest BCUT2D eigenvalue weighted by Gasteiger charge is 2.34. The van der Waals surface area contributed by atoms with Crippen molar-refractivity contribution >= 4 is 5.97 Å². The van der Waals surface area contributed by atoms with Crippen molar-refractivity contribution in [2.75, 3.05) is 7.11 Å². The highest BCUT2D eigenvalue weighted by atomic mass is 16.5. The third kappa shape index (κ3) is 1.68. The third-order valence-electron chi connectivity index (χ3n) is 1.49. The van der Waals surface area contributed by atoms with Crippen molar-refractivity contribution in [2.45, 2.75) is 25.5 Å². The maximum absolute atomic E-state index is 10.8. The van der Waals surface area contributed by atoms with Crippen molar-refractivity contribution in [3.8, 4) is 0 Å². The van der Waals surface area contributed by atoms with Gasteiger partial charge in [0.25, 0.3) is 0 Å². The molecule has 0 aliphatic heterocycles. The molecule has 3 N–H and O–H groups in total. The van der Waals surface area contributed by atoms with E-state index in [9.17, 15) is 4.79 Å². The zero-order valence-electron chi connectivity index (χ0n) is 6.42. The number of hydrogen-bond donors (Lipinski definition) is 2. The van der Waals surface area contributed by atoms with Crippen LogP contribution in [0, 0.1) is 0 Å². The molecule has 0 aromatic heterocycles. The van der Waals surface area contributed by atoms with Crippen LogP contribution in [-0.2, 0) is 9.53 Å². The Morgan fingerprint density at radius 3 is 2.30 bits per heavy atom. The van der Waals surface area contributed by atoms with Crippen molar-refractivity contribution in [1.29, 1.82) is 0 Å². The van der Waals surface area contributed by atoms with Crippen molar-refractivity contribution in [1.82, 2.24) is 0 Å². The summed E-state index contributed by atoms with van der Waals surface area (Å²) in [7, 11) is 1.23. The van der Waals surface area contributed by atoms with Gasteiger partial charge in [-0.15, -0.1) is 0 Å². The molecule has 0 heterocycles. The van der Waals surface area contributed by atoms with Crippen LogP contribution in [0.5, 0.6) is 0 Å². The van der Waals surface area contributed by atoms with E-state index in [-0.39, 0.29) is 0 Å². The molecular weight excluding hydrogens is 134 g/mol. The first-order chi connectivity index (χ1) is 4.42. The van der Waals surface area contributed by atoms with Crippen molar-refractivity contribution in [3.63, 3.8) is 0 Å². The molecule has 0 aliphatic carbocycles. The van der Waals surface area contributed by atoms with E-state index in [1.54, 1.807) is 0 Å². The van der Waals surface area contributed by atoms with Gasteiger partial charge in [0.1, 0.15) is 5.54 Å². The van der Waals surface area contributed by atoms with E-state index >= 15 is 0 Å². The van der Waals surface area contributed by atoms with E-state index in [2.05, 4.69) is 4.74 Å². The summed E-state index contributed by atoms with van der Waals surface area (Å²) < 4.78 is 4.35. The Bertz CT molecular complexity index is 131. The summed E-state index contributed by atoms with van der Waals surface area (Å²) in [6.45, 7) is 2.86. The predicted octanol–water partition coefficient (Wildman–Crippen LogP) is -0.742. The summed E-state index contributed by atoms with van der Waals surface area (Å²) in [4.78, 5) is 10.8.